The number of nitrogens with one attached hydrogen (secondary N) is 2. The van der Waals surface area contributed by atoms with Crippen molar-refractivity contribution < 1.29 is 37.7 Å². The Morgan fingerprint density at radius 1 is 1.08 bits per heavy atom. The molecule has 2 fully saturated rings. The van der Waals surface area contributed by atoms with Crippen LogP contribution in [0.15, 0.2) is 42.7 Å². The molecule has 0 aliphatic carbocycles. The number of hydrogen-bond donors (Lipinski definition) is 3. The predicted octanol–water partition coefficient (Wildman–Crippen LogP) is 4.69. The van der Waals surface area contributed by atoms with Gasteiger partial charge >= 0.3 is 5.91 Å². The molecular formula is C45H56F2N11O6+. The Bertz CT molecular complexity index is 2470. The highest BCUT2D eigenvalue weighted by atomic mass is 19.3. The zero-order valence-electron chi connectivity index (χ0n) is 36.3. The van der Waals surface area contributed by atoms with Gasteiger partial charge < -0.3 is 35.6 Å². The average Bonchev–Trinajstić information content (AvgIpc) is 3.96. The van der Waals surface area contributed by atoms with Crippen molar-refractivity contribution >= 4 is 34.9 Å². The Morgan fingerprint density at radius 2 is 1.89 bits per heavy atom. The first-order valence-electron chi connectivity index (χ1n) is 22.5. The second kappa shape index (κ2) is 17.7. The normalized spacial score (nSPS) is 22.7. The van der Waals surface area contributed by atoms with Gasteiger partial charge in [-0.25, -0.2) is 13.6 Å². The minimum atomic E-state index is -2.68. The maximum Gasteiger partial charge on any atom is 0.349 e. The summed E-state index contributed by atoms with van der Waals surface area (Å²) in [6.45, 7) is 6.21. The number of hydroxylamine groups is 3. The zero-order chi connectivity index (χ0) is 44.9. The summed E-state index contributed by atoms with van der Waals surface area (Å²) in [6, 6.07) is 7.67. The summed E-state index contributed by atoms with van der Waals surface area (Å²) in [5.41, 5.74) is 6.15. The van der Waals surface area contributed by atoms with Crippen LogP contribution in [0, 0.1) is 10.1 Å². The van der Waals surface area contributed by atoms with Gasteiger partial charge in [-0.2, -0.15) is 10.2 Å². The summed E-state index contributed by atoms with van der Waals surface area (Å²) >= 11 is 0. The quantitative estimate of drug-likeness (QED) is 0.0962. The number of hydrogen-bond acceptors (Lipinski definition) is 11. The molecule has 0 spiro atoms. The van der Waals surface area contributed by atoms with E-state index in [0.717, 1.165) is 78.4 Å². The van der Waals surface area contributed by atoms with Crippen molar-refractivity contribution in [3.63, 3.8) is 0 Å². The number of aliphatic hydroxyl groups excluding tert-OH is 1. The van der Waals surface area contributed by atoms with E-state index in [0.29, 0.717) is 61.4 Å². The van der Waals surface area contributed by atoms with E-state index in [1.807, 2.05) is 11.0 Å². The molecule has 3 amide bonds. The van der Waals surface area contributed by atoms with Gasteiger partial charge in [-0.1, -0.05) is 12.1 Å². The lowest BCUT2D eigenvalue weighted by Crippen LogP contribution is -2.61. The van der Waals surface area contributed by atoms with E-state index in [1.54, 1.807) is 55.3 Å². The van der Waals surface area contributed by atoms with Crippen LogP contribution in [0.1, 0.15) is 96.2 Å². The van der Waals surface area contributed by atoms with Crippen LogP contribution < -0.4 is 15.5 Å². The summed E-state index contributed by atoms with van der Waals surface area (Å²) in [6.07, 6.45) is 4.59. The topological polar surface area (TPSA) is 184 Å². The number of rotatable bonds is 13. The van der Waals surface area contributed by atoms with Crippen LogP contribution in [0.2, 0.25) is 0 Å². The number of likely N-dealkylation sites (tertiary alicyclic amines) is 1. The summed E-state index contributed by atoms with van der Waals surface area (Å²) in [7, 11) is 1.77. The number of aryl methyl sites for hydroxylation is 2. The number of piperidine rings is 2. The van der Waals surface area contributed by atoms with Gasteiger partial charge in [0.15, 0.2) is 18.4 Å². The van der Waals surface area contributed by atoms with Crippen molar-refractivity contribution in [2.45, 2.75) is 96.1 Å². The fraction of sp³-hybridized carbons (Fsp3) is 0.533. The van der Waals surface area contributed by atoms with Crippen molar-refractivity contribution in [2.24, 2.45) is 7.05 Å². The van der Waals surface area contributed by atoms with Crippen LogP contribution in [-0.4, -0.2) is 126 Å². The molecule has 17 nitrogen and oxygen atoms in total. The van der Waals surface area contributed by atoms with E-state index in [4.69, 9.17) is 5.10 Å². The molecule has 0 saturated carbocycles. The molecule has 3 N–H and O–H groups in total. The van der Waals surface area contributed by atoms with Crippen molar-refractivity contribution in [2.75, 3.05) is 62.6 Å². The predicted molar refractivity (Wildman–Crippen MR) is 232 cm³/mol. The fourth-order valence-electron chi connectivity index (χ4n) is 10.4. The molecule has 7 heterocycles. The third-order valence-corrected chi connectivity index (χ3v) is 13.8. The fourth-order valence-corrected chi connectivity index (χ4v) is 10.4. The molecule has 0 bridgehead atoms. The Hall–Kier alpha value is -5.63. The van der Waals surface area contributed by atoms with Crippen LogP contribution in [0.3, 0.4) is 0 Å². The summed E-state index contributed by atoms with van der Waals surface area (Å²) in [4.78, 5) is 57.9. The van der Waals surface area contributed by atoms with Gasteiger partial charge in [0.1, 0.15) is 18.3 Å². The first kappa shape index (κ1) is 43.6. The van der Waals surface area contributed by atoms with E-state index in [-0.39, 0.29) is 55.6 Å². The lowest BCUT2D eigenvalue weighted by molar-refractivity contribution is -0.825. The van der Waals surface area contributed by atoms with Gasteiger partial charge in [-0.15, -0.1) is 0 Å². The minimum Gasteiger partial charge on any atom is -0.624 e. The van der Waals surface area contributed by atoms with Crippen LogP contribution >= 0.6 is 0 Å². The third kappa shape index (κ3) is 8.29. The molecule has 2 saturated heterocycles. The van der Waals surface area contributed by atoms with Crippen LogP contribution in [0.25, 0.3) is 11.1 Å². The average molecular weight is 885 g/mol. The molecule has 2 aromatic heterocycles. The maximum atomic E-state index is 14.7. The molecule has 3 atom stereocenters. The van der Waals surface area contributed by atoms with E-state index >= 15 is 0 Å². The molecule has 3 unspecified atom stereocenters. The SMILES string of the molecule is CC(=O)N1CCc2c(c(N3CCCc4cc(-c5cnn(C)c5)c(C(F)F)cc43)nn2C2CCN(CCC[N+](=O)CCNc3cccc4c3C(=O)[N+]([O-])(C3CCC(O)NC3=O)C4)CC2)C1. The number of halogens is 2. The first-order chi connectivity index (χ1) is 30.8. The third-order valence-electron chi connectivity index (χ3n) is 13.8. The standard InChI is InChI=1S/C45H55F2N11O6/c1-28(59)54-20-13-37-35(26-54)43(56-17-4-7-29-22-33(31-24-49-52(2)25-31)34(42(46)47)23-38(29)56)51-57(37)32-11-18-53(19-12-32)15-5-16-55(63)21-14-48-36-8-3-6-30-27-58(64,45(62)41(30)36)39-9-10-40(60)50-44(39)61/h3,6,8,22-25,32,39-40,42,60H,4-5,7,9-21,26-27H2,1-2H3,(H-,48,50,61,62)/p+1. The molecule has 64 heavy (non-hydrogen) atoms. The zero-order valence-corrected chi connectivity index (χ0v) is 36.3. The van der Waals surface area contributed by atoms with Gasteiger partial charge in [0, 0.05) is 111 Å². The summed E-state index contributed by atoms with van der Waals surface area (Å²) in [5.74, 6) is -0.598. The van der Waals surface area contributed by atoms with E-state index in [9.17, 15) is 38.4 Å². The number of aliphatic hydroxyl groups is 1. The highest BCUT2D eigenvalue weighted by molar-refractivity contribution is 6.00. The molecule has 0 radical (unpaired) electrons. The Morgan fingerprint density at radius 3 is 2.62 bits per heavy atom. The minimum absolute atomic E-state index is 0.0110. The number of quaternary nitrogens is 1. The number of amides is 3. The number of carbonyl (C=O) groups excluding carboxylic acids is 3. The molecule has 19 heteroatoms. The Labute approximate surface area is 369 Å². The van der Waals surface area contributed by atoms with E-state index < -0.39 is 35.2 Å². The summed E-state index contributed by atoms with van der Waals surface area (Å²) in [5, 5.41) is 38.6. The van der Waals surface area contributed by atoms with Gasteiger partial charge in [0.25, 0.3) is 12.3 Å². The number of fused-ring (bicyclic) bond motifs is 3. The maximum absolute atomic E-state index is 14.7. The molecule has 5 aliphatic heterocycles. The van der Waals surface area contributed by atoms with E-state index in [1.165, 1.54) is 0 Å². The van der Waals surface area contributed by atoms with Gasteiger partial charge in [-0.05, 0) is 66.2 Å². The molecule has 2 aromatic carbocycles. The van der Waals surface area contributed by atoms with Crippen molar-refractivity contribution in [3.8, 4) is 11.1 Å². The number of carbonyl (C=O) groups is 3. The van der Waals surface area contributed by atoms with Gasteiger partial charge in [0.2, 0.25) is 12.5 Å². The monoisotopic (exact) mass is 884 g/mol. The van der Waals surface area contributed by atoms with Crippen molar-refractivity contribution in [1.82, 2.24) is 34.7 Å². The number of alkyl halides is 2. The second-order valence-corrected chi connectivity index (χ2v) is 17.9. The van der Waals surface area contributed by atoms with Crippen LogP contribution in [0.5, 0.6) is 0 Å². The van der Waals surface area contributed by atoms with E-state index in [2.05, 4.69) is 30.2 Å². The van der Waals surface area contributed by atoms with Crippen LogP contribution in [-0.2, 0) is 42.6 Å². The Kier molecular flexibility index (Phi) is 12.1. The number of nitroso groups, excluding NO2 is 1. The molecular weight excluding hydrogens is 829 g/mol. The number of nitrogens with zero attached hydrogens (tertiary/aromatic N) is 9. The lowest BCUT2D eigenvalue weighted by Gasteiger charge is -2.43. The van der Waals surface area contributed by atoms with Gasteiger partial charge in [-0.3, -0.25) is 23.6 Å². The smallest absolute Gasteiger partial charge is 0.349 e. The number of benzene rings is 2. The van der Waals surface area contributed by atoms with Crippen LogP contribution in [0.4, 0.5) is 26.0 Å². The molecule has 340 valence electrons. The number of aromatic nitrogens is 4. The molecule has 9 rings (SSSR count). The second-order valence-electron chi connectivity index (χ2n) is 17.9. The number of anilines is 3. The first-order valence-corrected chi connectivity index (χ1v) is 22.5. The van der Waals surface area contributed by atoms with Gasteiger partial charge in [0.05, 0.1) is 31.0 Å². The largest absolute Gasteiger partial charge is 0.624 e. The Balaban J connectivity index is 0.810. The summed E-state index contributed by atoms with van der Waals surface area (Å²) < 4.78 is 32.8. The van der Waals surface area contributed by atoms with Crippen molar-refractivity contribution in [3.05, 3.63) is 86.4 Å². The lowest BCUT2D eigenvalue weighted by atomic mass is 9.92. The highest BCUT2D eigenvalue weighted by Gasteiger charge is 2.50. The highest BCUT2D eigenvalue weighted by Crippen LogP contribution is 2.44. The molecule has 5 aliphatic rings. The van der Waals surface area contributed by atoms with Crippen molar-refractivity contribution in [1.29, 1.82) is 0 Å². The molecule has 4 aromatic rings.